The largest absolute Gasteiger partial charge is 0.496 e. The van der Waals surface area contributed by atoms with Crippen LogP contribution in [0.5, 0.6) is 5.75 Å². The van der Waals surface area contributed by atoms with E-state index >= 15 is 0 Å². The van der Waals surface area contributed by atoms with E-state index in [2.05, 4.69) is 5.10 Å². The zero-order valence-corrected chi connectivity index (χ0v) is 19.4. The third-order valence-corrected chi connectivity index (χ3v) is 7.80. The first-order valence-electron chi connectivity index (χ1n) is 10.8. The first-order chi connectivity index (χ1) is 15.8. The number of sulfonamides is 1. The molecular formula is C23H27N3O6S. The topological polar surface area (TPSA) is 110 Å². The fourth-order valence-electron chi connectivity index (χ4n) is 4.28. The van der Waals surface area contributed by atoms with Crippen LogP contribution in [0, 0.1) is 0 Å². The molecule has 1 fully saturated rings. The monoisotopic (exact) mass is 473 g/mol. The molecule has 9 nitrogen and oxygen atoms in total. The highest BCUT2D eigenvalue weighted by Crippen LogP contribution is 2.38. The Balaban J connectivity index is 1.78. The molecule has 1 N–H and O–H groups in total. The molecule has 0 unspecified atom stereocenters. The van der Waals surface area contributed by atoms with Gasteiger partial charge in [0.1, 0.15) is 5.75 Å². The zero-order valence-electron chi connectivity index (χ0n) is 18.6. The third-order valence-electron chi connectivity index (χ3n) is 5.86. The molecule has 2 aromatic heterocycles. The molecule has 0 saturated carbocycles. The van der Waals surface area contributed by atoms with Crippen LogP contribution in [0.25, 0.3) is 16.6 Å². The van der Waals surface area contributed by atoms with Crippen molar-refractivity contribution in [1.29, 1.82) is 0 Å². The number of carboxylic acids is 1. The van der Waals surface area contributed by atoms with E-state index in [1.54, 1.807) is 41.0 Å². The summed E-state index contributed by atoms with van der Waals surface area (Å²) in [5.41, 5.74) is 2.19. The highest BCUT2D eigenvalue weighted by atomic mass is 32.2. The lowest BCUT2D eigenvalue weighted by Crippen LogP contribution is -2.41. The van der Waals surface area contributed by atoms with E-state index < -0.39 is 16.0 Å². The first kappa shape index (κ1) is 23.2. The fraction of sp³-hybridized carbons (Fsp3) is 0.391. The van der Waals surface area contributed by atoms with Gasteiger partial charge < -0.3 is 14.6 Å². The Kier molecular flexibility index (Phi) is 6.68. The molecule has 0 amide bonds. The number of ether oxygens (including phenoxy) is 2. The van der Waals surface area contributed by atoms with Crippen molar-refractivity contribution in [3.8, 4) is 16.9 Å². The van der Waals surface area contributed by atoms with Crippen LogP contribution in [-0.4, -0.2) is 66.3 Å². The molecule has 3 heterocycles. The van der Waals surface area contributed by atoms with Crippen molar-refractivity contribution in [2.45, 2.75) is 37.2 Å². The van der Waals surface area contributed by atoms with Crippen LogP contribution in [0.3, 0.4) is 0 Å². The summed E-state index contributed by atoms with van der Waals surface area (Å²) in [6, 6.07) is 8.47. The summed E-state index contributed by atoms with van der Waals surface area (Å²) >= 11 is 0. The zero-order chi connectivity index (χ0) is 23.6. The highest BCUT2D eigenvalue weighted by Gasteiger charge is 2.32. The first-order valence-corrected chi connectivity index (χ1v) is 12.3. The Bertz CT molecular complexity index is 1260. The molecule has 10 heteroatoms. The normalized spacial score (nSPS) is 15.7. The minimum Gasteiger partial charge on any atom is -0.496 e. The van der Waals surface area contributed by atoms with Crippen molar-refractivity contribution in [3.63, 3.8) is 0 Å². The van der Waals surface area contributed by atoms with Gasteiger partial charge in [0.15, 0.2) is 0 Å². The third kappa shape index (κ3) is 4.59. The second-order valence-corrected chi connectivity index (χ2v) is 9.78. The standard InChI is InChI=1S/C23H27N3O6S/c1-3-32-18-8-10-25(11-9-18)33(29,30)21-6-4-5-20(31-2)23(21)16-7-12-26-19(13-16)17(15-24-26)14-22(27)28/h4-7,12-13,15,18H,3,8-11,14H2,1-2H3,(H,27,28). The van der Waals surface area contributed by atoms with Crippen LogP contribution in [-0.2, 0) is 26.0 Å². The number of pyridine rings is 1. The number of carboxylic acid groups (broad SMARTS) is 1. The number of hydrogen-bond acceptors (Lipinski definition) is 6. The van der Waals surface area contributed by atoms with Gasteiger partial charge in [-0.2, -0.15) is 9.40 Å². The van der Waals surface area contributed by atoms with E-state index in [1.807, 2.05) is 6.92 Å². The lowest BCUT2D eigenvalue weighted by molar-refractivity contribution is -0.136. The number of hydrogen-bond donors (Lipinski definition) is 1. The van der Waals surface area contributed by atoms with Gasteiger partial charge in [-0.15, -0.1) is 0 Å². The second-order valence-electron chi connectivity index (χ2n) is 7.88. The van der Waals surface area contributed by atoms with Gasteiger partial charge in [0, 0.05) is 37.0 Å². The van der Waals surface area contributed by atoms with Crippen molar-refractivity contribution < 1.29 is 27.8 Å². The molecule has 4 rings (SSSR count). The molecule has 0 atom stereocenters. The van der Waals surface area contributed by atoms with E-state index in [4.69, 9.17) is 9.47 Å². The van der Waals surface area contributed by atoms with Crippen LogP contribution in [0.4, 0.5) is 0 Å². The molecule has 0 aliphatic carbocycles. The molecule has 0 bridgehead atoms. The van der Waals surface area contributed by atoms with E-state index in [-0.39, 0.29) is 17.4 Å². The van der Waals surface area contributed by atoms with Crippen LogP contribution < -0.4 is 4.74 Å². The number of benzene rings is 1. The average Bonchev–Trinajstić information content (AvgIpc) is 3.20. The van der Waals surface area contributed by atoms with Gasteiger partial charge in [-0.25, -0.2) is 12.9 Å². The maximum Gasteiger partial charge on any atom is 0.307 e. The molecule has 176 valence electrons. The molecule has 0 radical (unpaired) electrons. The van der Waals surface area contributed by atoms with Crippen LogP contribution in [0.1, 0.15) is 25.3 Å². The predicted octanol–water partition coefficient (Wildman–Crippen LogP) is 2.83. The minimum absolute atomic E-state index is 0.0724. The predicted molar refractivity (Wildman–Crippen MR) is 122 cm³/mol. The van der Waals surface area contributed by atoms with E-state index in [1.165, 1.54) is 17.6 Å². The summed E-state index contributed by atoms with van der Waals surface area (Å²) < 4.78 is 41.6. The maximum atomic E-state index is 13.7. The van der Waals surface area contributed by atoms with Crippen LogP contribution in [0.15, 0.2) is 47.6 Å². The molecule has 1 saturated heterocycles. The summed E-state index contributed by atoms with van der Waals surface area (Å²) in [7, 11) is -2.30. The number of fused-ring (bicyclic) bond motifs is 1. The second kappa shape index (κ2) is 9.50. The van der Waals surface area contributed by atoms with E-state index in [9.17, 15) is 18.3 Å². The number of piperidine rings is 1. The Morgan fingerprint density at radius 2 is 2.00 bits per heavy atom. The van der Waals surface area contributed by atoms with E-state index in [0.717, 1.165) is 0 Å². The number of aliphatic carboxylic acids is 1. The lowest BCUT2D eigenvalue weighted by Gasteiger charge is -2.31. The summed E-state index contributed by atoms with van der Waals surface area (Å²) in [5, 5.41) is 13.4. The lowest BCUT2D eigenvalue weighted by atomic mass is 10.0. The molecule has 1 aliphatic heterocycles. The van der Waals surface area contributed by atoms with Gasteiger partial charge >= 0.3 is 5.97 Å². The smallest absolute Gasteiger partial charge is 0.307 e. The fourth-order valence-corrected chi connectivity index (χ4v) is 5.98. The van der Waals surface area contributed by atoms with Gasteiger partial charge in [0.25, 0.3) is 0 Å². The van der Waals surface area contributed by atoms with Crippen molar-refractivity contribution >= 4 is 21.5 Å². The van der Waals surface area contributed by atoms with Gasteiger partial charge in [-0.1, -0.05) is 6.07 Å². The van der Waals surface area contributed by atoms with Crippen LogP contribution >= 0.6 is 0 Å². The number of carbonyl (C=O) groups is 1. The number of rotatable bonds is 8. The van der Waals surface area contributed by atoms with Crippen LogP contribution in [0.2, 0.25) is 0 Å². The van der Waals surface area contributed by atoms with Crippen molar-refractivity contribution in [2.75, 3.05) is 26.8 Å². The summed E-state index contributed by atoms with van der Waals surface area (Å²) in [4.78, 5) is 11.4. The molecule has 3 aromatic rings. The van der Waals surface area contributed by atoms with Crippen molar-refractivity contribution in [2.24, 2.45) is 0 Å². The molecular weight excluding hydrogens is 446 g/mol. The summed E-state index contributed by atoms with van der Waals surface area (Å²) in [6.07, 6.45) is 4.38. The van der Waals surface area contributed by atoms with Gasteiger partial charge in [0.05, 0.1) is 36.2 Å². The van der Waals surface area contributed by atoms with Gasteiger partial charge in [0.2, 0.25) is 10.0 Å². The van der Waals surface area contributed by atoms with Gasteiger partial charge in [-0.05, 0) is 49.6 Å². The Hall–Kier alpha value is -2.95. The number of methoxy groups -OCH3 is 1. The Morgan fingerprint density at radius 3 is 2.67 bits per heavy atom. The Labute approximate surface area is 192 Å². The van der Waals surface area contributed by atoms with Crippen molar-refractivity contribution in [1.82, 2.24) is 13.9 Å². The Morgan fingerprint density at radius 1 is 1.24 bits per heavy atom. The summed E-state index contributed by atoms with van der Waals surface area (Å²) in [6.45, 7) is 3.31. The molecule has 1 aromatic carbocycles. The summed E-state index contributed by atoms with van der Waals surface area (Å²) in [5.74, 6) is -0.546. The average molecular weight is 474 g/mol. The minimum atomic E-state index is -3.80. The number of aromatic nitrogens is 2. The molecule has 0 spiro atoms. The van der Waals surface area contributed by atoms with Crippen molar-refractivity contribution in [3.05, 3.63) is 48.3 Å². The maximum absolute atomic E-state index is 13.7. The van der Waals surface area contributed by atoms with Gasteiger partial charge in [-0.3, -0.25) is 4.79 Å². The quantitative estimate of drug-likeness (QED) is 0.536. The van der Waals surface area contributed by atoms with E-state index in [0.29, 0.717) is 60.5 Å². The SMILES string of the molecule is CCOC1CCN(S(=O)(=O)c2cccc(OC)c2-c2ccn3ncc(CC(=O)O)c3c2)CC1. The molecule has 1 aliphatic rings. The number of nitrogens with zero attached hydrogens (tertiary/aromatic N) is 3. The highest BCUT2D eigenvalue weighted by molar-refractivity contribution is 7.89. The molecule has 33 heavy (non-hydrogen) atoms.